The predicted octanol–water partition coefficient (Wildman–Crippen LogP) is 5.60. The average molecular weight is 479 g/mol. The number of benzene rings is 2. The minimum absolute atomic E-state index is 0.297. The molecule has 7 nitrogen and oxygen atoms in total. The highest BCUT2D eigenvalue weighted by atomic mass is 32.2. The van der Waals surface area contributed by atoms with Crippen molar-refractivity contribution < 1.29 is 14.3 Å². The van der Waals surface area contributed by atoms with Crippen molar-refractivity contribution in [2.24, 2.45) is 0 Å². The van der Waals surface area contributed by atoms with Crippen LogP contribution >= 0.6 is 11.8 Å². The van der Waals surface area contributed by atoms with Gasteiger partial charge in [-0.15, -0.1) is 5.10 Å². The van der Waals surface area contributed by atoms with Crippen LogP contribution < -0.4 is 10.1 Å². The zero-order chi connectivity index (χ0) is 23.9. The van der Waals surface area contributed by atoms with Gasteiger partial charge in [0.25, 0.3) is 0 Å². The molecule has 2 aromatic carbocycles. The summed E-state index contributed by atoms with van der Waals surface area (Å²) in [5.74, 6) is 1.76. The summed E-state index contributed by atoms with van der Waals surface area (Å²) in [5.41, 5.74) is 3.32. The zero-order valence-electron chi connectivity index (χ0n) is 19.8. The second kappa shape index (κ2) is 11.2. The van der Waals surface area contributed by atoms with Crippen LogP contribution in [0.3, 0.4) is 0 Å². The molecule has 0 saturated carbocycles. The molecule has 1 atom stereocenters. The Labute approximate surface area is 204 Å². The molecular formula is C26H30N4O3S. The quantitative estimate of drug-likeness (QED) is 0.231. The summed E-state index contributed by atoms with van der Waals surface area (Å²) in [6.07, 6.45) is 2.05. The summed E-state index contributed by atoms with van der Waals surface area (Å²) in [5, 5.41) is 8.67. The summed E-state index contributed by atoms with van der Waals surface area (Å²) in [6, 6.07) is 17.6. The summed E-state index contributed by atoms with van der Waals surface area (Å²) in [6.45, 7) is 6.76. The van der Waals surface area contributed by atoms with Crippen LogP contribution in [0.2, 0.25) is 0 Å². The molecule has 0 spiro atoms. The molecule has 4 rings (SSSR count). The molecular weight excluding hydrogens is 448 g/mol. The number of fused-ring (bicyclic) bond motifs is 1. The Kier molecular flexibility index (Phi) is 7.90. The topological polar surface area (TPSA) is 78.3 Å². The number of esters is 1. The number of hydrogen-bond acceptors (Lipinski definition) is 7. The molecule has 0 amide bonds. The van der Waals surface area contributed by atoms with Crippen LogP contribution in [-0.2, 0) is 15.3 Å². The maximum absolute atomic E-state index is 13.0. The molecule has 1 aliphatic rings. The zero-order valence-corrected chi connectivity index (χ0v) is 20.6. The Morgan fingerprint density at radius 2 is 1.97 bits per heavy atom. The first kappa shape index (κ1) is 23.9. The third kappa shape index (κ3) is 5.44. The first-order chi connectivity index (χ1) is 16.6. The lowest BCUT2D eigenvalue weighted by Crippen LogP contribution is -2.29. The number of rotatable bonds is 10. The fourth-order valence-electron chi connectivity index (χ4n) is 3.80. The number of carbonyl (C=O) groups is 1. The van der Waals surface area contributed by atoms with Gasteiger partial charge >= 0.3 is 5.97 Å². The van der Waals surface area contributed by atoms with Gasteiger partial charge in [0.1, 0.15) is 11.8 Å². The van der Waals surface area contributed by atoms with Crippen molar-refractivity contribution in [1.29, 1.82) is 0 Å². The molecule has 3 aromatic rings. The van der Waals surface area contributed by atoms with Gasteiger partial charge in [-0.2, -0.15) is 4.98 Å². The Balaban J connectivity index is 1.67. The molecule has 0 aliphatic carbocycles. The highest BCUT2D eigenvalue weighted by Crippen LogP contribution is 2.38. The van der Waals surface area contributed by atoms with Crippen LogP contribution in [0.1, 0.15) is 50.8 Å². The highest BCUT2D eigenvalue weighted by Gasteiger charge is 2.35. The fourth-order valence-corrected chi connectivity index (χ4v) is 4.59. The van der Waals surface area contributed by atoms with E-state index in [0.717, 1.165) is 29.9 Å². The maximum Gasteiger partial charge on any atom is 0.338 e. The van der Waals surface area contributed by atoms with Crippen molar-refractivity contribution in [1.82, 2.24) is 14.8 Å². The average Bonchev–Trinajstić information content (AvgIpc) is 3.25. The first-order valence-corrected chi connectivity index (χ1v) is 12.6. The molecule has 1 aliphatic heterocycles. The molecule has 2 heterocycles. The van der Waals surface area contributed by atoms with Gasteiger partial charge in [-0.3, -0.25) is 0 Å². The van der Waals surface area contributed by atoms with E-state index >= 15 is 0 Å². The van der Waals surface area contributed by atoms with E-state index in [-0.39, 0.29) is 5.97 Å². The molecule has 0 fully saturated rings. The van der Waals surface area contributed by atoms with Crippen LogP contribution in [0.4, 0.5) is 5.95 Å². The smallest absolute Gasteiger partial charge is 0.338 e. The SMILES string of the molecule is CCCCOc1cccc(C2C(C(=O)OCC)=C(C)Nc3nc(SCc4ccccc4)nn32)c1. The molecule has 34 heavy (non-hydrogen) atoms. The van der Waals surface area contributed by atoms with Crippen molar-refractivity contribution in [2.75, 3.05) is 18.5 Å². The summed E-state index contributed by atoms with van der Waals surface area (Å²) >= 11 is 1.56. The van der Waals surface area contributed by atoms with Gasteiger partial charge in [0.05, 0.1) is 18.8 Å². The summed E-state index contributed by atoms with van der Waals surface area (Å²) in [7, 11) is 0. The van der Waals surface area contributed by atoms with E-state index in [1.807, 2.05) is 49.4 Å². The Hall–Kier alpha value is -3.26. The predicted molar refractivity (Wildman–Crippen MR) is 134 cm³/mol. The Bertz CT molecular complexity index is 1160. The fraction of sp³-hybridized carbons (Fsp3) is 0.346. The molecule has 0 radical (unpaired) electrons. The van der Waals surface area contributed by atoms with Gasteiger partial charge in [-0.25, -0.2) is 9.48 Å². The largest absolute Gasteiger partial charge is 0.494 e. The van der Waals surface area contributed by atoms with Gasteiger partial charge in [0.15, 0.2) is 0 Å². The van der Waals surface area contributed by atoms with Crippen molar-refractivity contribution in [3.8, 4) is 5.75 Å². The van der Waals surface area contributed by atoms with Crippen LogP contribution in [0.15, 0.2) is 71.0 Å². The number of hydrogen-bond donors (Lipinski definition) is 1. The summed E-state index contributed by atoms with van der Waals surface area (Å²) in [4.78, 5) is 17.7. The standard InChI is InChI=1S/C26H30N4O3S/c1-4-6-15-33-21-14-10-13-20(16-21)23-22(24(31)32-5-2)18(3)27-25-28-26(29-30(23)25)34-17-19-11-8-7-9-12-19/h7-14,16,23H,4-6,15,17H2,1-3H3,(H,27,28,29). The van der Waals surface area contributed by atoms with Crippen molar-refractivity contribution in [3.05, 3.63) is 77.0 Å². The lowest BCUT2D eigenvalue weighted by molar-refractivity contribution is -0.139. The number of ether oxygens (including phenoxy) is 2. The van der Waals surface area contributed by atoms with Crippen LogP contribution in [-0.4, -0.2) is 33.9 Å². The van der Waals surface area contributed by atoms with Gasteiger partial charge in [0, 0.05) is 11.4 Å². The number of unbranched alkanes of at least 4 members (excludes halogenated alkanes) is 1. The van der Waals surface area contributed by atoms with Gasteiger partial charge < -0.3 is 14.8 Å². The van der Waals surface area contributed by atoms with Crippen molar-refractivity contribution >= 4 is 23.7 Å². The van der Waals surface area contributed by atoms with Crippen LogP contribution in [0.25, 0.3) is 0 Å². The minimum atomic E-state index is -0.469. The van der Waals surface area contributed by atoms with Crippen LogP contribution in [0.5, 0.6) is 5.75 Å². The molecule has 178 valence electrons. The van der Waals surface area contributed by atoms with E-state index in [9.17, 15) is 4.79 Å². The third-order valence-electron chi connectivity index (χ3n) is 5.48. The van der Waals surface area contributed by atoms with Crippen molar-refractivity contribution in [3.63, 3.8) is 0 Å². The van der Waals surface area contributed by atoms with Crippen molar-refractivity contribution in [2.45, 2.75) is 50.6 Å². The molecule has 0 saturated heterocycles. The minimum Gasteiger partial charge on any atom is -0.494 e. The maximum atomic E-state index is 13.0. The monoisotopic (exact) mass is 478 g/mol. The van der Waals surface area contributed by atoms with Gasteiger partial charge in [-0.1, -0.05) is 67.6 Å². The van der Waals surface area contributed by atoms with E-state index < -0.39 is 6.04 Å². The number of carbonyl (C=O) groups excluding carboxylic acids is 1. The number of thioether (sulfide) groups is 1. The number of nitrogens with one attached hydrogen (secondary N) is 1. The van der Waals surface area contributed by atoms with Gasteiger partial charge in [-0.05, 0) is 43.5 Å². The second-order valence-corrected chi connectivity index (χ2v) is 8.94. The lowest BCUT2D eigenvalue weighted by atomic mass is 9.95. The molecule has 1 unspecified atom stereocenters. The van der Waals surface area contributed by atoms with E-state index in [1.54, 1.807) is 23.4 Å². The number of allylic oxidation sites excluding steroid dienone is 1. The molecule has 1 aromatic heterocycles. The van der Waals surface area contributed by atoms with E-state index in [2.05, 4.69) is 24.4 Å². The van der Waals surface area contributed by atoms with E-state index in [1.165, 1.54) is 5.56 Å². The Morgan fingerprint density at radius 1 is 1.15 bits per heavy atom. The lowest BCUT2D eigenvalue weighted by Gasteiger charge is -2.28. The van der Waals surface area contributed by atoms with E-state index in [4.69, 9.17) is 19.6 Å². The molecule has 0 bridgehead atoms. The molecule has 1 N–H and O–H groups in total. The number of aromatic nitrogens is 3. The highest BCUT2D eigenvalue weighted by molar-refractivity contribution is 7.98. The third-order valence-corrected chi connectivity index (χ3v) is 6.39. The van der Waals surface area contributed by atoms with E-state index in [0.29, 0.717) is 35.6 Å². The Morgan fingerprint density at radius 3 is 2.74 bits per heavy atom. The molecule has 8 heteroatoms. The van der Waals surface area contributed by atoms with Gasteiger partial charge in [0.2, 0.25) is 11.1 Å². The normalized spacial score (nSPS) is 15.0. The van der Waals surface area contributed by atoms with Crippen LogP contribution in [0, 0.1) is 0 Å². The summed E-state index contributed by atoms with van der Waals surface area (Å²) < 4.78 is 13.1. The second-order valence-electron chi connectivity index (χ2n) is 8.00. The first-order valence-electron chi connectivity index (χ1n) is 11.6. The number of nitrogens with zero attached hydrogens (tertiary/aromatic N) is 3. The number of anilines is 1.